The molecule has 7 heteroatoms. The predicted octanol–water partition coefficient (Wildman–Crippen LogP) is 3.52. The van der Waals surface area contributed by atoms with Crippen LogP contribution < -0.4 is 11.1 Å². The van der Waals surface area contributed by atoms with Crippen LogP contribution in [0.25, 0.3) is 0 Å². The van der Waals surface area contributed by atoms with Gasteiger partial charge in [0.15, 0.2) is 0 Å². The molecule has 0 bridgehead atoms. The van der Waals surface area contributed by atoms with Gasteiger partial charge >= 0.3 is 0 Å². The van der Waals surface area contributed by atoms with Crippen LogP contribution in [0.5, 0.6) is 0 Å². The summed E-state index contributed by atoms with van der Waals surface area (Å²) in [6, 6.07) is 4.92. The van der Waals surface area contributed by atoms with E-state index in [1.807, 2.05) is 5.38 Å². The molecule has 21 heavy (non-hydrogen) atoms. The van der Waals surface area contributed by atoms with E-state index in [9.17, 15) is 4.79 Å². The highest BCUT2D eigenvalue weighted by atomic mass is 35.5. The summed E-state index contributed by atoms with van der Waals surface area (Å²) in [5.41, 5.74) is 6.81. The zero-order valence-electron chi connectivity index (χ0n) is 11.2. The molecule has 112 valence electrons. The zero-order chi connectivity index (χ0) is 15.2. The molecule has 0 saturated carbocycles. The van der Waals surface area contributed by atoms with Gasteiger partial charge in [0, 0.05) is 27.5 Å². The maximum absolute atomic E-state index is 12.0. The fourth-order valence-electron chi connectivity index (χ4n) is 1.79. The van der Waals surface area contributed by atoms with Gasteiger partial charge in [-0.05, 0) is 31.2 Å². The third-order valence-corrected chi connectivity index (χ3v) is 4.08. The van der Waals surface area contributed by atoms with Gasteiger partial charge in [0.05, 0.1) is 17.1 Å². The van der Waals surface area contributed by atoms with Crippen molar-refractivity contribution >= 4 is 46.1 Å². The molecule has 0 fully saturated rings. The van der Waals surface area contributed by atoms with Crippen LogP contribution in [0.4, 0.5) is 5.69 Å². The molecule has 1 aromatic carbocycles. The number of nitrogens with zero attached hydrogens (tertiary/aromatic N) is 1. The highest BCUT2D eigenvalue weighted by molar-refractivity contribution is 7.09. The van der Waals surface area contributed by atoms with Gasteiger partial charge in [0.25, 0.3) is 0 Å². The van der Waals surface area contributed by atoms with Crippen LogP contribution in [-0.2, 0) is 17.6 Å². The van der Waals surface area contributed by atoms with Crippen molar-refractivity contribution in [2.45, 2.75) is 19.3 Å². The van der Waals surface area contributed by atoms with Gasteiger partial charge in [-0.2, -0.15) is 0 Å². The normalized spacial score (nSPS) is 10.6. The number of nitrogens with one attached hydrogen (secondary N) is 1. The first-order chi connectivity index (χ1) is 10.1. The summed E-state index contributed by atoms with van der Waals surface area (Å²) in [4.78, 5) is 16.4. The minimum Gasteiger partial charge on any atom is -0.330 e. The van der Waals surface area contributed by atoms with Crippen molar-refractivity contribution in [2.75, 3.05) is 11.9 Å². The highest BCUT2D eigenvalue weighted by Crippen LogP contribution is 2.22. The fourth-order valence-corrected chi connectivity index (χ4v) is 3.16. The van der Waals surface area contributed by atoms with Crippen molar-refractivity contribution in [3.05, 3.63) is 44.3 Å². The van der Waals surface area contributed by atoms with E-state index >= 15 is 0 Å². The van der Waals surface area contributed by atoms with Crippen LogP contribution in [0.1, 0.15) is 17.1 Å². The van der Waals surface area contributed by atoms with E-state index < -0.39 is 0 Å². The van der Waals surface area contributed by atoms with Gasteiger partial charge in [0.1, 0.15) is 0 Å². The van der Waals surface area contributed by atoms with Crippen LogP contribution >= 0.6 is 34.5 Å². The SMILES string of the molecule is NCCCc1nc(CC(=O)Nc2cc(Cl)cc(Cl)c2)cs1. The largest absolute Gasteiger partial charge is 0.330 e. The Labute approximate surface area is 137 Å². The monoisotopic (exact) mass is 343 g/mol. The van der Waals surface area contributed by atoms with Crippen LogP contribution in [-0.4, -0.2) is 17.4 Å². The van der Waals surface area contributed by atoms with E-state index in [0.717, 1.165) is 23.5 Å². The van der Waals surface area contributed by atoms with Crippen molar-refractivity contribution in [3.63, 3.8) is 0 Å². The summed E-state index contributed by atoms with van der Waals surface area (Å²) >= 11 is 13.3. The summed E-state index contributed by atoms with van der Waals surface area (Å²) in [6.07, 6.45) is 1.98. The van der Waals surface area contributed by atoms with E-state index in [1.54, 1.807) is 29.5 Å². The Bertz CT molecular complexity index is 610. The van der Waals surface area contributed by atoms with Gasteiger partial charge in [0.2, 0.25) is 5.91 Å². The molecule has 0 saturated heterocycles. The number of hydrogen-bond donors (Lipinski definition) is 2. The van der Waals surface area contributed by atoms with E-state index in [-0.39, 0.29) is 12.3 Å². The molecule has 1 heterocycles. The third-order valence-electron chi connectivity index (χ3n) is 2.68. The number of rotatable bonds is 6. The average Bonchev–Trinajstić information content (AvgIpc) is 2.82. The molecule has 0 atom stereocenters. The van der Waals surface area contributed by atoms with Gasteiger partial charge < -0.3 is 11.1 Å². The van der Waals surface area contributed by atoms with Gasteiger partial charge in [-0.15, -0.1) is 11.3 Å². The Balaban J connectivity index is 1.93. The Hall–Kier alpha value is -1.14. The Morgan fingerprint density at radius 3 is 2.67 bits per heavy atom. The summed E-state index contributed by atoms with van der Waals surface area (Å²) in [6.45, 7) is 0.644. The molecular formula is C14H15Cl2N3OS. The molecule has 4 nitrogen and oxygen atoms in total. The first-order valence-electron chi connectivity index (χ1n) is 6.46. The maximum Gasteiger partial charge on any atom is 0.230 e. The minimum atomic E-state index is -0.149. The van der Waals surface area contributed by atoms with Crippen molar-refractivity contribution in [1.82, 2.24) is 4.98 Å². The van der Waals surface area contributed by atoms with Crippen molar-refractivity contribution < 1.29 is 4.79 Å². The second-order valence-electron chi connectivity index (χ2n) is 4.51. The first-order valence-corrected chi connectivity index (χ1v) is 8.09. The summed E-state index contributed by atoms with van der Waals surface area (Å²) < 4.78 is 0. The Kier molecular flexibility index (Phi) is 5.99. The van der Waals surface area contributed by atoms with Gasteiger partial charge in [-0.25, -0.2) is 4.98 Å². The number of halogens is 2. The molecule has 0 aliphatic carbocycles. The lowest BCUT2D eigenvalue weighted by Crippen LogP contribution is -2.14. The lowest BCUT2D eigenvalue weighted by molar-refractivity contribution is -0.115. The van der Waals surface area contributed by atoms with E-state index in [0.29, 0.717) is 22.3 Å². The number of anilines is 1. The maximum atomic E-state index is 12.0. The summed E-state index contributed by atoms with van der Waals surface area (Å²) in [7, 11) is 0. The quantitative estimate of drug-likeness (QED) is 0.842. The summed E-state index contributed by atoms with van der Waals surface area (Å²) in [5, 5.41) is 6.63. The highest BCUT2D eigenvalue weighted by Gasteiger charge is 2.09. The molecule has 2 rings (SSSR count). The Morgan fingerprint density at radius 2 is 2.00 bits per heavy atom. The zero-order valence-corrected chi connectivity index (χ0v) is 13.6. The fraction of sp³-hybridized carbons (Fsp3) is 0.286. The standard InChI is InChI=1S/C14H15Cl2N3OS/c15-9-4-10(16)6-11(5-9)18-13(20)7-12-8-21-14(19-12)2-1-3-17/h4-6,8H,1-3,7,17H2,(H,18,20). The molecule has 1 aromatic heterocycles. The molecule has 2 aromatic rings. The second kappa shape index (κ2) is 7.75. The topological polar surface area (TPSA) is 68.0 Å². The molecule has 0 spiro atoms. The second-order valence-corrected chi connectivity index (χ2v) is 6.32. The van der Waals surface area contributed by atoms with E-state index in [4.69, 9.17) is 28.9 Å². The average molecular weight is 344 g/mol. The van der Waals surface area contributed by atoms with Crippen molar-refractivity contribution in [1.29, 1.82) is 0 Å². The molecular weight excluding hydrogens is 329 g/mol. The number of carbonyl (C=O) groups excluding carboxylic acids is 1. The van der Waals surface area contributed by atoms with Crippen molar-refractivity contribution in [2.24, 2.45) is 5.73 Å². The number of hydrogen-bond acceptors (Lipinski definition) is 4. The number of amides is 1. The molecule has 0 aliphatic rings. The Morgan fingerprint density at radius 1 is 1.29 bits per heavy atom. The predicted molar refractivity (Wildman–Crippen MR) is 88.3 cm³/mol. The lowest BCUT2D eigenvalue weighted by atomic mass is 10.2. The van der Waals surface area contributed by atoms with Gasteiger partial charge in [-0.3, -0.25) is 4.79 Å². The summed E-state index contributed by atoms with van der Waals surface area (Å²) in [5.74, 6) is -0.149. The van der Waals surface area contributed by atoms with Crippen LogP contribution in [0.15, 0.2) is 23.6 Å². The number of thiazole rings is 1. The lowest BCUT2D eigenvalue weighted by Gasteiger charge is -2.05. The van der Waals surface area contributed by atoms with Crippen LogP contribution in [0, 0.1) is 0 Å². The third kappa shape index (κ3) is 5.28. The number of aryl methyl sites for hydroxylation is 1. The number of benzene rings is 1. The van der Waals surface area contributed by atoms with Gasteiger partial charge in [-0.1, -0.05) is 23.2 Å². The smallest absolute Gasteiger partial charge is 0.230 e. The van der Waals surface area contributed by atoms with E-state index in [1.165, 1.54) is 0 Å². The number of nitrogens with two attached hydrogens (primary N) is 1. The van der Waals surface area contributed by atoms with E-state index in [2.05, 4.69) is 10.3 Å². The van der Waals surface area contributed by atoms with Crippen LogP contribution in [0.2, 0.25) is 10.0 Å². The molecule has 0 radical (unpaired) electrons. The first kappa shape index (κ1) is 16.2. The molecule has 3 N–H and O–H groups in total. The molecule has 0 aliphatic heterocycles. The van der Waals surface area contributed by atoms with Crippen molar-refractivity contribution in [3.8, 4) is 0 Å². The number of aromatic nitrogens is 1. The number of carbonyl (C=O) groups is 1. The molecule has 0 unspecified atom stereocenters. The van der Waals surface area contributed by atoms with Crippen LogP contribution in [0.3, 0.4) is 0 Å². The molecule has 1 amide bonds. The minimum absolute atomic E-state index is 0.149.